The average Bonchev–Trinajstić information content (AvgIpc) is 2.69. The smallest absolute Gasteiger partial charge is 0.335 e. The summed E-state index contributed by atoms with van der Waals surface area (Å²) in [7, 11) is 1.43. The van der Waals surface area contributed by atoms with Gasteiger partial charge in [-0.1, -0.05) is 12.1 Å². The van der Waals surface area contributed by atoms with Gasteiger partial charge in [0.15, 0.2) is 18.1 Å². The first-order valence-electron chi connectivity index (χ1n) is 9.01. The van der Waals surface area contributed by atoms with Crippen molar-refractivity contribution in [1.29, 1.82) is 5.26 Å². The van der Waals surface area contributed by atoms with Crippen LogP contribution in [0.4, 0.5) is 10.5 Å². The zero-order chi connectivity index (χ0) is 21.8. The maximum absolute atomic E-state index is 13.0. The van der Waals surface area contributed by atoms with Crippen LogP contribution in [0.15, 0.2) is 42.0 Å². The second-order valence-corrected chi connectivity index (χ2v) is 6.66. The molecule has 1 heterocycles. The molecule has 1 aliphatic rings. The van der Waals surface area contributed by atoms with Crippen LogP contribution in [-0.4, -0.2) is 31.6 Å². The number of nitrogens with zero attached hydrogens (tertiary/aromatic N) is 2. The van der Waals surface area contributed by atoms with Gasteiger partial charge in [-0.2, -0.15) is 5.26 Å². The van der Waals surface area contributed by atoms with E-state index in [-0.39, 0.29) is 12.2 Å². The van der Waals surface area contributed by atoms with Crippen LogP contribution in [0.5, 0.6) is 11.5 Å². The van der Waals surface area contributed by atoms with E-state index in [0.29, 0.717) is 22.7 Å². The highest BCUT2D eigenvalue weighted by Gasteiger charge is 2.37. The summed E-state index contributed by atoms with van der Waals surface area (Å²) in [6.07, 6.45) is 1.37. The van der Waals surface area contributed by atoms with E-state index in [9.17, 15) is 14.4 Å². The number of benzene rings is 2. The molecule has 4 amide bonds. The van der Waals surface area contributed by atoms with Crippen molar-refractivity contribution in [1.82, 2.24) is 5.32 Å². The number of rotatable bonds is 5. The predicted molar refractivity (Wildman–Crippen MR) is 109 cm³/mol. The minimum Gasteiger partial charge on any atom is -0.493 e. The third-order valence-electron chi connectivity index (χ3n) is 4.36. The van der Waals surface area contributed by atoms with Gasteiger partial charge in [-0.05, 0) is 60.9 Å². The second-order valence-electron chi connectivity index (χ2n) is 6.66. The highest BCUT2D eigenvalue weighted by molar-refractivity contribution is 6.39. The highest BCUT2D eigenvalue weighted by atomic mass is 16.5. The van der Waals surface area contributed by atoms with Crippen LogP contribution >= 0.6 is 0 Å². The average molecular weight is 405 g/mol. The first kappa shape index (κ1) is 20.6. The van der Waals surface area contributed by atoms with Crippen molar-refractivity contribution < 1.29 is 23.9 Å². The molecule has 0 unspecified atom stereocenters. The van der Waals surface area contributed by atoms with Gasteiger partial charge >= 0.3 is 6.03 Å². The van der Waals surface area contributed by atoms with Crippen LogP contribution in [0, 0.1) is 25.2 Å². The fraction of sp³-hybridized carbons (Fsp3) is 0.182. The van der Waals surface area contributed by atoms with Gasteiger partial charge in [-0.15, -0.1) is 0 Å². The van der Waals surface area contributed by atoms with Crippen molar-refractivity contribution in [3.8, 4) is 17.6 Å². The number of imide groups is 2. The lowest BCUT2D eigenvalue weighted by Gasteiger charge is -2.27. The summed E-state index contributed by atoms with van der Waals surface area (Å²) < 4.78 is 10.5. The number of amides is 4. The molecule has 8 heteroatoms. The number of methoxy groups -OCH3 is 1. The molecule has 1 fully saturated rings. The number of carbonyl (C=O) groups is 3. The Morgan fingerprint density at radius 2 is 1.77 bits per heavy atom. The molecule has 0 saturated carbocycles. The largest absolute Gasteiger partial charge is 0.493 e. The van der Waals surface area contributed by atoms with Gasteiger partial charge in [0.1, 0.15) is 11.6 Å². The lowest BCUT2D eigenvalue weighted by molar-refractivity contribution is -0.122. The zero-order valence-electron chi connectivity index (χ0n) is 16.7. The predicted octanol–water partition coefficient (Wildman–Crippen LogP) is 2.88. The summed E-state index contributed by atoms with van der Waals surface area (Å²) in [5.74, 6) is -0.815. The zero-order valence-corrected chi connectivity index (χ0v) is 16.7. The van der Waals surface area contributed by atoms with E-state index in [1.165, 1.54) is 13.2 Å². The molecule has 2 aromatic carbocycles. The number of carbonyl (C=O) groups excluding carboxylic acids is 3. The van der Waals surface area contributed by atoms with Gasteiger partial charge in [0.2, 0.25) is 0 Å². The highest BCUT2D eigenvalue weighted by Crippen LogP contribution is 2.30. The Morgan fingerprint density at radius 1 is 1.07 bits per heavy atom. The van der Waals surface area contributed by atoms with Crippen LogP contribution in [0.3, 0.4) is 0 Å². The first-order valence-corrected chi connectivity index (χ1v) is 9.01. The molecule has 0 spiro atoms. The molecule has 8 nitrogen and oxygen atoms in total. The van der Waals surface area contributed by atoms with Gasteiger partial charge in [-0.25, -0.2) is 9.69 Å². The van der Waals surface area contributed by atoms with Crippen LogP contribution in [-0.2, 0) is 9.59 Å². The Hall–Kier alpha value is -4.12. The Labute approximate surface area is 173 Å². The van der Waals surface area contributed by atoms with Crippen LogP contribution in [0.2, 0.25) is 0 Å². The molecule has 152 valence electrons. The van der Waals surface area contributed by atoms with Crippen molar-refractivity contribution in [2.75, 3.05) is 18.6 Å². The van der Waals surface area contributed by atoms with Gasteiger partial charge in [-0.3, -0.25) is 14.9 Å². The maximum Gasteiger partial charge on any atom is 0.335 e. The summed E-state index contributed by atoms with van der Waals surface area (Å²) in [5.41, 5.74) is 2.44. The lowest BCUT2D eigenvalue weighted by atomic mass is 10.0. The van der Waals surface area contributed by atoms with Crippen LogP contribution in [0.1, 0.15) is 16.7 Å². The van der Waals surface area contributed by atoms with Crippen molar-refractivity contribution in [2.45, 2.75) is 13.8 Å². The number of ether oxygens (including phenoxy) is 2. The van der Waals surface area contributed by atoms with E-state index >= 15 is 0 Å². The monoisotopic (exact) mass is 405 g/mol. The quantitative estimate of drug-likeness (QED) is 0.605. The number of anilines is 1. The molecule has 0 aliphatic carbocycles. The molecule has 2 aromatic rings. The van der Waals surface area contributed by atoms with E-state index in [4.69, 9.17) is 14.7 Å². The molecule has 30 heavy (non-hydrogen) atoms. The minimum absolute atomic E-state index is 0.148. The summed E-state index contributed by atoms with van der Waals surface area (Å²) in [4.78, 5) is 38.7. The van der Waals surface area contributed by atoms with E-state index in [1.54, 1.807) is 30.3 Å². The van der Waals surface area contributed by atoms with Gasteiger partial charge in [0, 0.05) is 0 Å². The second kappa shape index (κ2) is 8.49. The Balaban J connectivity index is 1.99. The standard InChI is InChI=1S/C22H19N3O5/c1-13-8-14(2)10-16(9-13)25-21(27)17(20(26)24-22(25)28)11-15-4-5-18(30-7-6-23)19(12-15)29-3/h4-5,8-12H,7H2,1-3H3,(H,24,26,28)/b17-11+. The number of hydrogen-bond donors (Lipinski definition) is 1. The number of barbiturate groups is 1. The topological polar surface area (TPSA) is 109 Å². The minimum atomic E-state index is -0.801. The maximum atomic E-state index is 13.0. The third kappa shape index (κ3) is 4.15. The van der Waals surface area contributed by atoms with Crippen LogP contribution < -0.4 is 19.7 Å². The van der Waals surface area contributed by atoms with Gasteiger partial charge in [0.25, 0.3) is 11.8 Å². The van der Waals surface area contributed by atoms with Crippen molar-refractivity contribution in [3.05, 3.63) is 58.7 Å². The molecule has 0 bridgehead atoms. The molecule has 0 radical (unpaired) electrons. The fourth-order valence-corrected chi connectivity index (χ4v) is 3.14. The van der Waals surface area contributed by atoms with Gasteiger partial charge < -0.3 is 9.47 Å². The number of aryl methyl sites for hydroxylation is 2. The van der Waals surface area contributed by atoms with Crippen molar-refractivity contribution >= 4 is 29.6 Å². The lowest BCUT2D eigenvalue weighted by Crippen LogP contribution is -2.54. The SMILES string of the molecule is COc1cc(/C=C2\C(=O)NC(=O)N(c3cc(C)cc(C)c3)C2=O)ccc1OCC#N. The van der Waals surface area contributed by atoms with E-state index < -0.39 is 17.8 Å². The van der Waals surface area contributed by atoms with Crippen LogP contribution in [0.25, 0.3) is 6.08 Å². The first-order chi connectivity index (χ1) is 14.3. The molecule has 0 atom stereocenters. The third-order valence-corrected chi connectivity index (χ3v) is 4.36. The number of nitriles is 1. The van der Waals surface area contributed by atoms with E-state index in [2.05, 4.69) is 5.32 Å². The summed E-state index contributed by atoms with van der Waals surface area (Å²) >= 11 is 0. The molecular formula is C22H19N3O5. The Bertz CT molecular complexity index is 1090. The number of urea groups is 1. The fourth-order valence-electron chi connectivity index (χ4n) is 3.14. The Kier molecular flexibility index (Phi) is 5.83. The molecule has 1 saturated heterocycles. The molecule has 0 aromatic heterocycles. The molecule has 3 rings (SSSR count). The summed E-state index contributed by atoms with van der Waals surface area (Å²) in [6.45, 7) is 3.56. The normalized spacial score (nSPS) is 15.1. The number of nitrogens with one attached hydrogen (secondary N) is 1. The van der Waals surface area contributed by atoms with E-state index in [1.807, 2.05) is 26.0 Å². The van der Waals surface area contributed by atoms with Crippen molar-refractivity contribution in [3.63, 3.8) is 0 Å². The Morgan fingerprint density at radius 3 is 2.40 bits per heavy atom. The summed E-state index contributed by atoms with van der Waals surface area (Å²) in [6, 6.07) is 11.1. The summed E-state index contributed by atoms with van der Waals surface area (Å²) in [5, 5.41) is 10.9. The van der Waals surface area contributed by atoms with Crippen molar-refractivity contribution in [2.24, 2.45) is 0 Å². The molecular weight excluding hydrogens is 386 g/mol. The van der Waals surface area contributed by atoms with Gasteiger partial charge in [0.05, 0.1) is 12.8 Å². The molecule has 1 N–H and O–H groups in total. The molecule has 1 aliphatic heterocycles. The van der Waals surface area contributed by atoms with E-state index in [0.717, 1.165) is 16.0 Å². The number of hydrogen-bond acceptors (Lipinski definition) is 6.